The van der Waals surface area contributed by atoms with Crippen molar-refractivity contribution in [3.05, 3.63) is 12.2 Å². The number of hydrogen-bond donors (Lipinski definition) is 0. The maximum atomic E-state index is 11.1. The van der Waals surface area contributed by atoms with Crippen molar-refractivity contribution >= 4 is 5.97 Å². The molecule has 8 nitrogen and oxygen atoms in total. The first-order valence-electron chi connectivity index (χ1n) is 10.4. The topological polar surface area (TPSA) is 81.7 Å². The van der Waals surface area contributed by atoms with Crippen LogP contribution >= 0.6 is 0 Å². The zero-order valence-electron chi connectivity index (χ0n) is 18.4. The van der Waals surface area contributed by atoms with Gasteiger partial charge in [0, 0.05) is 12.2 Å². The highest BCUT2D eigenvalue weighted by Gasteiger charge is 2.02. The second-order valence-electron chi connectivity index (χ2n) is 6.57. The van der Waals surface area contributed by atoms with Crippen LogP contribution in [0.15, 0.2) is 12.2 Å². The van der Waals surface area contributed by atoms with Crippen molar-refractivity contribution in [2.45, 2.75) is 27.2 Å². The predicted octanol–water partition coefficient (Wildman–Crippen LogP) is 2.25. The molecule has 0 aromatic rings. The molecule has 0 bridgehead atoms. The number of esters is 1. The normalized spacial score (nSPS) is 12.1. The van der Waals surface area contributed by atoms with E-state index in [0.717, 1.165) is 13.0 Å². The average molecular weight is 421 g/mol. The van der Waals surface area contributed by atoms with E-state index in [1.807, 2.05) is 0 Å². The maximum Gasteiger partial charge on any atom is 0.333 e. The van der Waals surface area contributed by atoms with Gasteiger partial charge >= 0.3 is 5.97 Å². The van der Waals surface area contributed by atoms with Gasteiger partial charge < -0.3 is 33.2 Å². The second-order valence-corrected chi connectivity index (χ2v) is 6.57. The highest BCUT2D eigenvalue weighted by molar-refractivity contribution is 5.86. The molecule has 0 aliphatic carbocycles. The van der Waals surface area contributed by atoms with Crippen LogP contribution in [-0.2, 0) is 38.0 Å². The first-order valence-corrected chi connectivity index (χ1v) is 10.4. The van der Waals surface area contributed by atoms with E-state index in [4.69, 9.17) is 33.2 Å². The van der Waals surface area contributed by atoms with Gasteiger partial charge in [0.05, 0.1) is 72.7 Å². The van der Waals surface area contributed by atoms with Crippen molar-refractivity contribution in [2.24, 2.45) is 5.92 Å². The highest BCUT2D eigenvalue weighted by Crippen LogP contribution is 1.99. The minimum Gasteiger partial charge on any atom is -0.460 e. The molecule has 1 unspecified atom stereocenters. The number of rotatable bonds is 22. The smallest absolute Gasteiger partial charge is 0.333 e. The zero-order valence-corrected chi connectivity index (χ0v) is 18.4. The molecule has 0 spiro atoms. The molecule has 0 saturated heterocycles. The molecule has 0 radical (unpaired) electrons. The molecule has 0 N–H and O–H groups in total. The van der Waals surface area contributed by atoms with E-state index >= 15 is 0 Å². The van der Waals surface area contributed by atoms with Gasteiger partial charge in [-0.05, 0) is 12.8 Å². The summed E-state index contributed by atoms with van der Waals surface area (Å²) in [6.45, 7) is 16.0. The summed E-state index contributed by atoms with van der Waals surface area (Å²) in [6.07, 6.45) is 1.13. The summed E-state index contributed by atoms with van der Waals surface area (Å²) in [6, 6.07) is 0. The molecule has 0 saturated carbocycles. The van der Waals surface area contributed by atoms with Crippen LogP contribution in [0.25, 0.3) is 0 Å². The maximum absolute atomic E-state index is 11.1. The van der Waals surface area contributed by atoms with Crippen LogP contribution in [0.3, 0.4) is 0 Å². The lowest BCUT2D eigenvalue weighted by Crippen LogP contribution is -2.15. The number of carbonyl (C=O) groups excluding carboxylic acids is 1. The minimum atomic E-state index is -0.402. The van der Waals surface area contributed by atoms with E-state index < -0.39 is 5.97 Å². The fourth-order valence-corrected chi connectivity index (χ4v) is 1.82. The van der Waals surface area contributed by atoms with E-state index in [-0.39, 0.29) is 6.61 Å². The molecule has 1 atom stereocenters. The van der Waals surface area contributed by atoms with Gasteiger partial charge in [-0.25, -0.2) is 4.79 Å². The van der Waals surface area contributed by atoms with Gasteiger partial charge in [0.25, 0.3) is 0 Å². The van der Waals surface area contributed by atoms with Gasteiger partial charge in [0.1, 0.15) is 6.61 Å². The van der Waals surface area contributed by atoms with Crippen molar-refractivity contribution in [1.29, 1.82) is 0 Å². The lowest BCUT2D eigenvalue weighted by molar-refractivity contribution is -0.140. The van der Waals surface area contributed by atoms with Crippen molar-refractivity contribution in [2.75, 3.05) is 85.9 Å². The van der Waals surface area contributed by atoms with Crippen LogP contribution in [0.4, 0.5) is 0 Å². The Morgan fingerprint density at radius 1 is 0.690 bits per heavy atom. The third-order valence-corrected chi connectivity index (χ3v) is 3.77. The first-order chi connectivity index (χ1) is 14.1. The van der Waals surface area contributed by atoms with Gasteiger partial charge in [0.15, 0.2) is 0 Å². The molecule has 0 aromatic carbocycles. The summed E-state index contributed by atoms with van der Waals surface area (Å²) in [5.74, 6) is 0.197. The Hall–Kier alpha value is -1.03. The van der Waals surface area contributed by atoms with E-state index in [2.05, 4.69) is 20.4 Å². The van der Waals surface area contributed by atoms with Crippen LogP contribution < -0.4 is 0 Å². The van der Waals surface area contributed by atoms with E-state index in [9.17, 15) is 4.79 Å². The standard InChI is InChI=1S/C21H40O8/c1-5-20(4)18-28-15-14-26-11-10-24-7-6-23-8-9-25-12-13-27-16-17-29-21(22)19(2)3/h20H,2,5-18H2,1,3-4H3. The molecule has 8 heteroatoms. The molecule has 0 fully saturated rings. The summed E-state index contributed by atoms with van der Waals surface area (Å²) >= 11 is 0. The molecule has 0 aliphatic rings. The molecule has 29 heavy (non-hydrogen) atoms. The highest BCUT2D eigenvalue weighted by atomic mass is 16.6. The van der Waals surface area contributed by atoms with E-state index in [1.54, 1.807) is 6.92 Å². The largest absolute Gasteiger partial charge is 0.460 e. The van der Waals surface area contributed by atoms with Crippen LogP contribution in [0, 0.1) is 5.92 Å². The molecule has 0 heterocycles. The Bertz CT molecular complexity index is 389. The predicted molar refractivity (Wildman–Crippen MR) is 110 cm³/mol. The Morgan fingerprint density at radius 2 is 1.03 bits per heavy atom. The van der Waals surface area contributed by atoms with Crippen LogP contribution in [0.5, 0.6) is 0 Å². The van der Waals surface area contributed by atoms with Crippen molar-refractivity contribution in [3.8, 4) is 0 Å². The molecule has 0 aromatic heterocycles. The molecule has 0 rings (SSSR count). The van der Waals surface area contributed by atoms with Crippen molar-refractivity contribution < 1.29 is 38.0 Å². The quantitative estimate of drug-likeness (QED) is 0.150. The summed E-state index contributed by atoms with van der Waals surface area (Å²) in [5, 5.41) is 0. The molecular weight excluding hydrogens is 380 g/mol. The van der Waals surface area contributed by atoms with E-state index in [0.29, 0.717) is 84.2 Å². The van der Waals surface area contributed by atoms with Crippen LogP contribution in [-0.4, -0.2) is 91.9 Å². The number of hydrogen-bond acceptors (Lipinski definition) is 8. The van der Waals surface area contributed by atoms with Crippen molar-refractivity contribution in [3.63, 3.8) is 0 Å². The number of ether oxygens (including phenoxy) is 7. The fraction of sp³-hybridized carbons (Fsp3) is 0.857. The Balaban J connectivity index is 3.08. The van der Waals surface area contributed by atoms with Crippen LogP contribution in [0.1, 0.15) is 27.2 Å². The monoisotopic (exact) mass is 420 g/mol. The van der Waals surface area contributed by atoms with Gasteiger partial charge in [-0.3, -0.25) is 0 Å². The molecule has 0 aliphatic heterocycles. The summed E-state index contributed by atoms with van der Waals surface area (Å²) in [5.41, 5.74) is 0.380. The fourth-order valence-electron chi connectivity index (χ4n) is 1.82. The Kier molecular flexibility index (Phi) is 20.9. The molecule has 172 valence electrons. The molecule has 0 amide bonds. The first kappa shape index (κ1) is 28.0. The second kappa shape index (κ2) is 21.7. The van der Waals surface area contributed by atoms with Gasteiger partial charge in [-0.1, -0.05) is 26.8 Å². The minimum absolute atomic E-state index is 0.214. The lowest BCUT2D eigenvalue weighted by atomic mass is 10.1. The summed E-state index contributed by atoms with van der Waals surface area (Å²) in [7, 11) is 0. The van der Waals surface area contributed by atoms with E-state index in [1.165, 1.54) is 0 Å². The summed E-state index contributed by atoms with van der Waals surface area (Å²) < 4.78 is 37.3. The SMILES string of the molecule is C=C(C)C(=O)OCCOCCOCCOCCOCCOCCOCC(C)CC. The van der Waals surface area contributed by atoms with Gasteiger partial charge in [-0.15, -0.1) is 0 Å². The van der Waals surface area contributed by atoms with Gasteiger partial charge in [-0.2, -0.15) is 0 Å². The lowest BCUT2D eigenvalue weighted by Gasteiger charge is -2.10. The number of carbonyl (C=O) groups is 1. The Morgan fingerprint density at radius 3 is 1.38 bits per heavy atom. The van der Waals surface area contributed by atoms with Gasteiger partial charge in [0.2, 0.25) is 0 Å². The van der Waals surface area contributed by atoms with Crippen molar-refractivity contribution in [1.82, 2.24) is 0 Å². The van der Waals surface area contributed by atoms with Crippen LogP contribution in [0.2, 0.25) is 0 Å². The zero-order chi connectivity index (χ0) is 21.6. The Labute approximate surface area is 175 Å². The molecular formula is C21H40O8. The third-order valence-electron chi connectivity index (χ3n) is 3.77. The third kappa shape index (κ3) is 21.5. The average Bonchev–Trinajstić information content (AvgIpc) is 2.71. The summed E-state index contributed by atoms with van der Waals surface area (Å²) in [4.78, 5) is 11.1.